The van der Waals surface area contributed by atoms with Gasteiger partial charge < -0.3 is 20.5 Å². The molecule has 2 N–H and O–H groups in total. The molecule has 0 spiro atoms. The van der Waals surface area contributed by atoms with Crippen LogP contribution in [0, 0.1) is 5.41 Å². The first-order chi connectivity index (χ1) is 14.0. The van der Waals surface area contributed by atoms with Gasteiger partial charge >= 0.3 is 0 Å². The number of hydrogen-bond donors (Lipinski definition) is 2. The number of nitrogens with one attached hydrogen (secondary N) is 2. The zero-order chi connectivity index (χ0) is 20.4. The van der Waals surface area contributed by atoms with Gasteiger partial charge in [0.2, 0.25) is 5.91 Å². The van der Waals surface area contributed by atoms with Crippen molar-refractivity contribution in [3.63, 3.8) is 0 Å². The molecule has 8 heteroatoms. The van der Waals surface area contributed by atoms with E-state index >= 15 is 0 Å². The van der Waals surface area contributed by atoms with E-state index in [0.717, 1.165) is 40.4 Å². The molecule has 148 valence electrons. The van der Waals surface area contributed by atoms with Crippen molar-refractivity contribution < 1.29 is 4.79 Å². The van der Waals surface area contributed by atoms with Crippen molar-refractivity contribution in [2.75, 3.05) is 36.9 Å². The lowest BCUT2D eigenvalue weighted by atomic mass is 10.1. The fourth-order valence-electron chi connectivity index (χ4n) is 3.32. The van der Waals surface area contributed by atoms with Gasteiger partial charge in [-0.05, 0) is 17.7 Å². The predicted molar refractivity (Wildman–Crippen MR) is 114 cm³/mol. The summed E-state index contributed by atoms with van der Waals surface area (Å²) in [7, 11) is 3.70. The molecule has 0 aliphatic carbocycles. The Labute approximate surface area is 169 Å². The first-order valence-electron chi connectivity index (χ1n) is 9.39. The van der Waals surface area contributed by atoms with Crippen LogP contribution in [0.3, 0.4) is 0 Å². The number of piperazine rings is 1. The molecular formula is C21H23N7O. The number of hydrogen-bond acceptors (Lipinski definition) is 6. The maximum atomic E-state index is 12.0. The van der Waals surface area contributed by atoms with Gasteiger partial charge in [0.05, 0.1) is 12.7 Å². The summed E-state index contributed by atoms with van der Waals surface area (Å²) >= 11 is 0. The van der Waals surface area contributed by atoms with E-state index in [9.17, 15) is 4.79 Å². The summed E-state index contributed by atoms with van der Waals surface area (Å²) in [4.78, 5) is 20.2. The van der Waals surface area contributed by atoms with Crippen molar-refractivity contribution in [1.29, 1.82) is 5.41 Å². The molecule has 1 aliphatic heterocycles. The minimum atomic E-state index is 0.0895. The molecule has 1 aliphatic rings. The van der Waals surface area contributed by atoms with Crippen LogP contribution in [0.25, 0.3) is 11.1 Å². The third-order valence-corrected chi connectivity index (χ3v) is 5.05. The molecule has 0 atom stereocenters. The summed E-state index contributed by atoms with van der Waals surface area (Å²) < 4.78 is 1.76. The molecular weight excluding hydrogens is 366 g/mol. The lowest BCUT2D eigenvalue weighted by Gasteiger charge is -2.32. The van der Waals surface area contributed by atoms with Crippen molar-refractivity contribution in [2.45, 2.75) is 0 Å². The lowest BCUT2D eigenvalue weighted by molar-refractivity contribution is -0.129. The highest BCUT2D eigenvalue weighted by molar-refractivity contribution is 5.90. The van der Waals surface area contributed by atoms with Crippen LogP contribution in [0.15, 0.2) is 48.9 Å². The van der Waals surface area contributed by atoms with Crippen LogP contribution < -0.4 is 10.2 Å². The normalized spacial score (nSPS) is 14.2. The number of amides is 1. The van der Waals surface area contributed by atoms with E-state index < -0.39 is 0 Å². The summed E-state index contributed by atoms with van der Waals surface area (Å²) in [5.74, 6) is 0.850. The Kier molecular flexibility index (Phi) is 4.99. The van der Waals surface area contributed by atoms with Crippen molar-refractivity contribution >= 4 is 29.3 Å². The quantitative estimate of drug-likeness (QED) is 0.655. The van der Waals surface area contributed by atoms with Gasteiger partial charge in [-0.3, -0.25) is 9.48 Å². The molecule has 0 radical (unpaired) electrons. The summed E-state index contributed by atoms with van der Waals surface area (Å²) in [5, 5.41) is 15.4. The van der Waals surface area contributed by atoms with Crippen LogP contribution in [-0.4, -0.2) is 58.5 Å². The molecule has 0 unspecified atom stereocenters. The molecule has 1 aromatic carbocycles. The second-order valence-electron chi connectivity index (χ2n) is 7.11. The molecule has 3 aromatic rings. The fourth-order valence-corrected chi connectivity index (χ4v) is 3.32. The van der Waals surface area contributed by atoms with Crippen molar-refractivity contribution in [3.8, 4) is 11.1 Å². The molecule has 0 bridgehead atoms. The number of pyridine rings is 1. The Bertz CT molecular complexity index is 1060. The maximum absolute atomic E-state index is 12.0. The second-order valence-corrected chi connectivity index (χ2v) is 7.11. The van der Waals surface area contributed by atoms with Gasteiger partial charge in [-0.15, -0.1) is 0 Å². The lowest BCUT2D eigenvalue weighted by Crippen LogP contribution is -2.48. The first kappa shape index (κ1) is 18.7. The molecule has 2 aromatic heterocycles. The Hall–Kier alpha value is -3.68. The average Bonchev–Trinajstić information content (AvgIpc) is 3.16. The molecule has 1 amide bonds. The van der Waals surface area contributed by atoms with Crippen LogP contribution in [0.4, 0.5) is 17.2 Å². The van der Waals surface area contributed by atoms with Crippen molar-refractivity contribution in [2.24, 2.45) is 7.05 Å². The number of carbonyl (C=O) groups is 1. The van der Waals surface area contributed by atoms with Gasteiger partial charge in [0.1, 0.15) is 5.82 Å². The summed E-state index contributed by atoms with van der Waals surface area (Å²) in [6.45, 7) is 1.76. The predicted octanol–water partition coefficient (Wildman–Crippen LogP) is 2.50. The highest BCUT2D eigenvalue weighted by atomic mass is 16.2. The third kappa shape index (κ3) is 3.96. The average molecular weight is 389 g/mol. The molecule has 3 heterocycles. The minimum absolute atomic E-state index is 0.0895. The van der Waals surface area contributed by atoms with Crippen LogP contribution in [-0.2, 0) is 11.8 Å². The number of nitrogens with zero attached hydrogens (tertiary/aromatic N) is 5. The number of aromatic nitrogens is 3. The highest BCUT2D eigenvalue weighted by Crippen LogP contribution is 2.28. The van der Waals surface area contributed by atoms with Crippen LogP contribution in [0.5, 0.6) is 0 Å². The molecule has 0 saturated carbocycles. The second kappa shape index (κ2) is 7.75. The molecule has 4 rings (SSSR count). The minimum Gasteiger partial charge on any atom is -0.355 e. The summed E-state index contributed by atoms with van der Waals surface area (Å²) in [6, 6.07) is 9.72. The van der Waals surface area contributed by atoms with E-state index in [-0.39, 0.29) is 5.91 Å². The van der Waals surface area contributed by atoms with E-state index in [0.29, 0.717) is 13.1 Å². The maximum Gasteiger partial charge on any atom is 0.241 e. The van der Waals surface area contributed by atoms with E-state index in [4.69, 9.17) is 5.41 Å². The number of rotatable bonds is 5. The Morgan fingerprint density at radius 3 is 2.72 bits per heavy atom. The number of carbonyl (C=O) groups excluding carboxylic acids is 1. The fraction of sp³-hybridized carbons (Fsp3) is 0.238. The number of aryl methyl sites for hydroxylation is 1. The standard InChI is InChI=1S/C21H23N7O/c1-26-7-8-28(14-21(26)29)20-10-18(5-6-23-20)25-19-9-15(3-4-16(19)11-22)17-12-24-27(2)13-17/h3-6,9-13,22H,7-8,14H2,1-2H3,(H,23,25). The SMILES string of the molecule is CN1CCN(c2cc(Nc3cc(-c4cnn(C)c4)ccc3C=N)ccn2)CC1=O. The van der Waals surface area contributed by atoms with Crippen molar-refractivity contribution in [1.82, 2.24) is 19.7 Å². The van der Waals surface area contributed by atoms with E-state index in [1.807, 2.05) is 61.7 Å². The molecule has 29 heavy (non-hydrogen) atoms. The number of benzene rings is 1. The summed E-state index contributed by atoms with van der Waals surface area (Å²) in [6.07, 6.45) is 6.84. The van der Waals surface area contributed by atoms with E-state index in [1.54, 1.807) is 15.8 Å². The Morgan fingerprint density at radius 1 is 1.14 bits per heavy atom. The molecule has 1 saturated heterocycles. The van der Waals surface area contributed by atoms with Crippen molar-refractivity contribution in [3.05, 3.63) is 54.5 Å². The van der Waals surface area contributed by atoms with E-state index in [1.165, 1.54) is 6.21 Å². The van der Waals surface area contributed by atoms with E-state index in [2.05, 4.69) is 15.4 Å². The zero-order valence-corrected chi connectivity index (χ0v) is 16.5. The number of anilines is 3. The van der Waals surface area contributed by atoms with Gasteiger partial charge in [0, 0.05) is 74.4 Å². The van der Waals surface area contributed by atoms with Gasteiger partial charge in [-0.25, -0.2) is 4.98 Å². The van der Waals surface area contributed by atoms with Gasteiger partial charge in [-0.2, -0.15) is 5.10 Å². The van der Waals surface area contributed by atoms with Gasteiger partial charge in [0.15, 0.2) is 0 Å². The zero-order valence-electron chi connectivity index (χ0n) is 16.5. The summed E-state index contributed by atoms with van der Waals surface area (Å²) in [5.41, 5.74) is 4.50. The smallest absolute Gasteiger partial charge is 0.241 e. The first-order valence-corrected chi connectivity index (χ1v) is 9.39. The third-order valence-electron chi connectivity index (χ3n) is 5.05. The van der Waals surface area contributed by atoms with Crippen LogP contribution in [0.2, 0.25) is 0 Å². The Balaban J connectivity index is 1.60. The van der Waals surface area contributed by atoms with Gasteiger partial charge in [-0.1, -0.05) is 12.1 Å². The molecule has 1 fully saturated rings. The highest BCUT2D eigenvalue weighted by Gasteiger charge is 2.22. The largest absolute Gasteiger partial charge is 0.355 e. The van der Waals surface area contributed by atoms with Crippen LogP contribution >= 0.6 is 0 Å². The topological polar surface area (TPSA) is 90.1 Å². The molecule has 8 nitrogen and oxygen atoms in total. The monoisotopic (exact) mass is 389 g/mol. The van der Waals surface area contributed by atoms with Crippen LogP contribution in [0.1, 0.15) is 5.56 Å². The van der Waals surface area contributed by atoms with Gasteiger partial charge in [0.25, 0.3) is 0 Å². The Morgan fingerprint density at radius 2 is 2.00 bits per heavy atom. The number of likely N-dealkylation sites (N-methyl/N-ethyl adjacent to an activating group) is 1.